The van der Waals surface area contributed by atoms with Crippen LogP contribution < -0.4 is 0 Å². The van der Waals surface area contributed by atoms with Gasteiger partial charge in [-0.25, -0.2) is 0 Å². The van der Waals surface area contributed by atoms with Crippen molar-refractivity contribution in [1.82, 2.24) is 14.7 Å². The van der Waals surface area contributed by atoms with Crippen LogP contribution in [0.15, 0.2) is 59.2 Å². The lowest BCUT2D eigenvalue weighted by Crippen LogP contribution is -2.51. The summed E-state index contributed by atoms with van der Waals surface area (Å²) in [5.41, 5.74) is 1.06. The molecule has 31 heavy (non-hydrogen) atoms. The molecule has 0 aliphatic carbocycles. The molecule has 2 amide bonds. The Labute approximate surface area is 190 Å². The van der Waals surface area contributed by atoms with Crippen molar-refractivity contribution >= 4 is 34.8 Å². The van der Waals surface area contributed by atoms with E-state index < -0.39 is 0 Å². The summed E-state index contributed by atoms with van der Waals surface area (Å²) in [6.45, 7) is 3.83. The van der Waals surface area contributed by atoms with Crippen LogP contribution in [0.3, 0.4) is 0 Å². The molecule has 0 bridgehead atoms. The summed E-state index contributed by atoms with van der Waals surface area (Å²) in [5, 5.41) is 0.763. The van der Waals surface area contributed by atoms with Crippen molar-refractivity contribution in [3.8, 4) is 10.4 Å². The lowest BCUT2D eigenvalue weighted by molar-refractivity contribution is -0.133. The lowest BCUT2D eigenvalue weighted by Gasteiger charge is -2.35. The molecule has 0 unspecified atom stereocenters. The van der Waals surface area contributed by atoms with Crippen molar-refractivity contribution < 1.29 is 14.0 Å². The number of hydrogen-bond donors (Lipinski definition) is 0. The van der Waals surface area contributed by atoms with Gasteiger partial charge in [0.2, 0.25) is 5.91 Å². The Balaban J connectivity index is 1.27. The molecule has 1 aliphatic rings. The number of carbonyl (C=O) groups is 2. The first-order chi connectivity index (χ1) is 15.0. The standard InChI is InChI=1S/C23H24ClN3O3S/c1-25(23(29)20-7-4-14-30-20)16-22(28)27-12-10-26(11-13-27)15-17-8-9-21(31-17)18-5-2-3-6-19(18)24/h2-9,14H,10-13,15-16H2,1H3. The number of nitrogens with zero attached hydrogens (tertiary/aromatic N) is 3. The number of halogens is 1. The van der Waals surface area contributed by atoms with E-state index >= 15 is 0 Å². The van der Waals surface area contributed by atoms with Gasteiger partial charge >= 0.3 is 0 Å². The highest BCUT2D eigenvalue weighted by Crippen LogP contribution is 2.33. The third kappa shape index (κ3) is 5.18. The molecule has 3 heterocycles. The number of furan rings is 1. The van der Waals surface area contributed by atoms with Crippen LogP contribution in [-0.4, -0.2) is 66.3 Å². The SMILES string of the molecule is CN(CC(=O)N1CCN(Cc2ccc(-c3ccccc3Cl)s2)CC1)C(=O)c1ccco1. The fourth-order valence-corrected chi connectivity index (χ4v) is 4.99. The first kappa shape index (κ1) is 21.6. The van der Waals surface area contributed by atoms with Gasteiger partial charge in [-0.2, -0.15) is 0 Å². The van der Waals surface area contributed by atoms with Crippen LogP contribution in [-0.2, 0) is 11.3 Å². The first-order valence-electron chi connectivity index (χ1n) is 10.1. The molecule has 2 aromatic heterocycles. The summed E-state index contributed by atoms with van der Waals surface area (Å²) in [4.78, 5) is 32.9. The third-order valence-corrected chi connectivity index (χ3v) is 6.79. The highest BCUT2D eigenvalue weighted by Gasteiger charge is 2.24. The first-order valence-corrected chi connectivity index (χ1v) is 11.3. The van der Waals surface area contributed by atoms with E-state index in [1.54, 1.807) is 30.5 Å². The number of amides is 2. The highest BCUT2D eigenvalue weighted by molar-refractivity contribution is 7.15. The Morgan fingerprint density at radius 3 is 2.55 bits per heavy atom. The molecule has 0 atom stereocenters. The van der Waals surface area contributed by atoms with Crippen LogP contribution in [0.4, 0.5) is 0 Å². The number of hydrogen-bond acceptors (Lipinski definition) is 5. The van der Waals surface area contributed by atoms with E-state index in [1.165, 1.54) is 20.9 Å². The number of benzene rings is 1. The Hall–Kier alpha value is -2.61. The predicted molar refractivity (Wildman–Crippen MR) is 122 cm³/mol. The van der Waals surface area contributed by atoms with Gasteiger partial charge in [0.1, 0.15) is 0 Å². The summed E-state index contributed by atoms with van der Waals surface area (Å²) in [7, 11) is 1.62. The van der Waals surface area contributed by atoms with Crippen LogP contribution in [0.1, 0.15) is 15.4 Å². The zero-order valence-corrected chi connectivity index (χ0v) is 18.9. The molecule has 1 aliphatic heterocycles. The summed E-state index contributed by atoms with van der Waals surface area (Å²) < 4.78 is 5.12. The average molecular weight is 458 g/mol. The predicted octanol–water partition coefficient (Wildman–Crippen LogP) is 4.08. The summed E-state index contributed by atoms with van der Waals surface area (Å²) >= 11 is 8.07. The second-order valence-corrected chi connectivity index (χ2v) is 9.12. The minimum absolute atomic E-state index is 0.0424. The Morgan fingerprint density at radius 1 is 1.06 bits per heavy atom. The number of likely N-dealkylation sites (N-methyl/N-ethyl adjacent to an activating group) is 1. The van der Waals surface area contributed by atoms with E-state index in [9.17, 15) is 9.59 Å². The van der Waals surface area contributed by atoms with Gasteiger partial charge in [0, 0.05) is 60.1 Å². The van der Waals surface area contributed by atoms with E-state index in [0.29, 0.717) is 13.1 Å². The van der Waals surface area contributed by atoms with Gasteiger partial charge in [0.25, 0.3) is 5.91 Å². The molecular weight excluding hydrogens is 434 g/mol. The summed E-state index contributed by atoms with van der Waals surface area (Å²) in [6.07, 6.45) is 1.45. The smallest absolute Gasteiger partial charge is 0.289 e. The molecule has 1 saturated heterocycles. The number of carbonyl (C=O) groups excluding carboxylic acids is 2. The van der Waals surface area contributed by atoms with Crippen LogP contribution >= 0.6 is 22.9 Å². The van der Waals surface area contributed by atoms with Gasteiger partial charge in [-0.15, -0.1) is 11.3 Å². The van der Waals surface area contributed by atoms with Gasteiger partial charge in [0.05, 0.1) is 12.8 Å². The molecule has 6 nitrogen and oxygen atoms in total. The molecule has 0 saturated carbocycles. The van der Waals surface area contributed by atoms with E-state index in [1.807, 2.05) is 29.2 Å². The maximum Gasteiger partial charge on any atom is 0.289 e. The van der Waals surface area contributed by atoms with E-state index in [-0.39, 0.29) is 24.1 Å². The maximum absolute atomic E-state index is 12.6. The fraction of sp³-hybridized carbons (Fsp3) is 0.304. The molecule has 4 rings (SSSR count). The monoisotopic (exact) mass is 457 g/mol. The minimum Gasteiger partial charge on any atom is -0.459 e. The Morgan fingerprint density at radius 2 is 1.84 bits per heavy atom. The van der Waals surface area contributed by atoms with Gasteiger partial charge in [-0.05, 0) is 30.3 Å². The number of thiophene rings is 1. The van der Waals surface area contributed by atoms with E-state index in [4.69, 9.17) is 16.0 Å². The van der Waals surface area contributed by atoms with Crippen molar-refractivity contribution in [3.05, 3.63) is 70.5 Å². The normalized spacial score (nSPS) is 14.6. The zero-order valence-electron chi connectivity index (χ0n) is 17.3. The van der Waals surface area contributed by atoms with Crippen molar-refractivity contribution in [3.63, 3.8) is 0 Å². The van der Waals surface area contributed by atoms with Crippen LogP contribution in [0.25, 0.3) is 10.4 Å². The van der Waals surface area contributed by atoms with Crippen molar-refractivity contribution in [2.45, 2.75) is 6.54 Å². The minimum atomic E-state index is -0.288. The van der Waals surface area contributed by atoms with Crippen molar-refractivity contribution in [2.75, 3.05) is 39.8 Å². The summed E-state index contributed by atoms with van der Waals surface area (Å²) in [6, 6.07) is 15.4. The molecular formula is C23H24ClN3O3S. The zero-order chi connectivity index (χ0) is 21.8. The molecule has 3 aromatic rings. The highest BCUT2D eigenvalue weighted by atomic mass is 35.5. The van der Waals surface area contributed by atoms with Crippen LogP contribution in [0.5, 0.6) is 0 Å². The largest absolute Gasteiger partial charge is 0.459 e. The van der Waals surface area contributed by atoms with Gasteiger partial charge < -0.3 is 14.2 Å². The molecule has 8 heteroatoms. The second-order valence-electron chi connectivity index (χ2n) is 7.54. The van der Waals surface area contributed by atoms with Crippen LogP contribution in [0, 0.1) is 0 Å². The molecule has 0 N–H and O–H groups in total. The lowest BCUT2D eigenvalue weighted by atomic mass is 10.2. The van der Waals surface area contributed by atoms with E-state index in [2.05, 4.69) is 17.0 Å². The van der Waals surface area contributed by atoms with Crippen molar-refractivity contribution in [2.24, 2.45) is 0 Å². The quantitative estimate of drug-likeness (QED) is 0.559. The second kappa shape index (κ2) is 9.68. The molecule has 0 spiro atoms. The maximum atomic E-state index is 12.6. The molecule has 0 radical (unpaired) electrons. The number of piperazine rings is 1. The fourth-order valence-electron chi connectivity index (χ4n) is 3.61. The third-order valence-electron chi connectivity index (χ3n) is 5.36. The average Bonchev–Trinajstić information content (AvgIpc) is 3.46. The van der Waals surface area contributed by atoms with Crippen LogP contribution in [0.2, 0.25) is 5.02 Å². The number of rotatable bonds is 6. The molecule has 162 valence electrons. The van der Waals surface area contributed by atoms with E-state index in [0.717, 1.165) is 30.2 Å². The Bertz CT molecular complexity index is 1040. The summed E-state index contributed by atoms with van der Waals surface area (Å²) in [5.74, 6) is -0.0876. The molecule has 1 aromatic carbocycles. The van der Waals surface area contributed by atoms with Gasteiger partial charge in [-0.3, -0.25) is 14.5 Å². The van der Waals surface area contributed by atoms with Crippen molar-refractivity contribution in [1.29, 1.82) is 0 Å². The van der Waals surface area contributed by atoms with Gasteiger partial charge in [-0.1, -0.05) is 29.8 Å². The Kier molecular flexibility index (Phi) is 6.75. The topological polar surface area (TPSA) is 57.0 Å². The van der Waals surface area contributed by atoms with Gasteiger partial charge in [0.15, 0.2) is 5.76 Å². The molecule has 1 fully saturated rings.